The third-order valence-electron chi connectivity index (χ3n) is 2.66. The van der Waals surface area contributed by atoms with E-state index >= 15 is 0 Å². The first-order chi connectivity index (χ1) is 8.58. The first-order valence-corrected chi connectivity index (χ1v) is 6.30. The van der Waals surface area contributed by atoms with E-state index in [2.05, 4.69) is 21.2 Å². The molecule has 94 valence electrons. The number of hydrogen-bond acceptors (Lipinski definition) is 2. The molecule has 0 bridgehead atoms. The summed E-state index contributed by atoms with van der Waals surface area (Å²) in [5, 5.41) is 2.86. The second-order valence-electron chi connectivity index (χ2n) is 4.04. The molecule has 18 heavy (non-hydrogen) atoms. The number of nitrogens with two attached hydrogens (primary N) is 1. The van der Waals surface area contributed by atoms with Gasteiger partial charge in [-0.1, -0.05) is 34.1 Å². The number of aromatic nitrogens is 1. The maximum Gasteiger partial charge on any atom is 0.268 e. The van der Waals surface area contributed by atoms with Gasteiger partial charge in [-0.2, -0.15) is 0 Å². The third-order valence-corrected chi connectivity index (χ3v) is 3.43. The van der Waals surface area contributed by atoms with Gasteiger partial charge in [0.25, 0.3) is 5.91 Å². The summed E-state index contributed by atoms with van der Waals surface area (Å²) in [6.07, 6.45) is 1.72. The van der Waals surface area contributed by atoms with Crippen LogP contribution in [0.5, 0.6) is 0 Å². The van der Waals surface area contributed by atoms with Crippen molar-refractivity contribution in [2.45, 2.75) is 6.54 Å². The van der Waals surface area contributed by atoms with Gasteiger partial charge in [0, 0.05) is 24.3 Å². The smallest absolute Gasteiger partial charge is 0.268 e. The molecule has 0 unspecified atom stereocenters. The highest BCUT2D eigenvalue weighted by molar-refractivity contribution is 9.10. The molecule has 4 nitrogen and oxygen atoms in total. The summed E-state index contributed by atoms with van der Waals surface area (Å²) >= 11 is 3.44. The molecule has 0 spiro atoms. The van der Waals surface area contributed by atoms with E-state index in [0.717, 1.165) is 10.0 Å². The number of rotatable bonds is 3. The van der Waals surface area contributed by atoms with E-state index in [1.165, 1.54) is 0 Å². The summed E-state index contributed by atoms with van der Waals surface area (Å²) in [5.41, 5.74) is 7.82. The number of amides is 1. The average molecular weight is 308 g/mol. The largest absolute Gasteiger partial charge is 0.397 e. The fourth-order valence-corrected chi connectivity index (χ4v) is 2.15. The number of carbonyl (C=O) groups is 1. The lowest BCUT2D eigenvalue weighted by Crippen LogP contribution is -2.24. The molecule has 2 aromatic rings. The quantitative estimate of drug-likeness (QED) is 0.914. The lowest BCUT2D eigenvalue weighted by atomic mass is 10.2. The number of carbonyl (C=O) groups excluding carboxylic acids is 1. The molecule has 0 aliphatic heterocycles. The topological polar surface area (TPSA) is 60.0 Å². The SMILES string of the molecule is Cn1cc(N)cc1C(=O)NCc1ccccc1Br. The molecule has 5 heteroatoms. The molecule has 1 heterocycles. The molecule has 0 fully saturated rings. The number of nitrogens with one attached hydrogen (secondary N) is 1. The normalized spacial score (nSPS) is 10.3. The minimum atomic E-state index is -0.134. The van der Waals surface area contributed by atoms with Crippen molar-refractivity contribution < 1.29 is 4.79 Å². The molecule has 0 aliphatic carbocycles. The number of halogens is 1. The second-order valence-corrected chi connectivity index (χ2v) is 4.90. The van der Waals surface area contributed by atoms with Crippen molar-refractivity contribution in [2.24, 2.45) is 7.05 Å². The van der Waals surface area contributed by atoms with Crippen LogP contribution in [0.1, 0.15) is 16.1 Å². The summed E-state index contributed by atoms with van der Waals surface area (Å²) in [7, 11) is 1.80. The van der Waals surface area contributed by atoms with Crippen LogP contribution in [-0.2, 0) is 13.6 Å². The van der Waals surface area contributed by atoms with Crippen molar-refractivity contribution in [2.75, 3.05) is 5.73 Å². The summed E-state index contributed by atoms with van der Waals surface area (Å²) < 4.78 is 2.70. The maximum atomic E-state index is 12.0. The average Bonchev–Trinajstić information content (AvgIpc) is 2.67. The predicted molar refractivity (Wildman–Crippen MR) is 75.1 cm³/mol. The van der Waals surface area contributed by atoms with Crippen LogP contribution in [0, 0.1) is 0 Å². The Morgan fingerprint density at radius 3 is 2.78 bits per heavy atom. The van der Waals surface area contributed by atoms with Crippen LogP contribution in [0.3, 0.4) is 0 Å². The van der Waals surface area contributed by atoms with Crippen LogP contribution in [0.4, 0.5) is 5.69 Å². The zero-order chi connectivity index (χ0) is 13.1. The number of nitrogens with zero attached hydrogens (tertiary/aromatic N) is 1. The Morgan fingerprint density at radius 2 is 2.17 bits per heavy atom. The molecule has 0 aliphatic rings. The third kappa shape index (κ3) is 2.73. The van der Waals surface area contributed by atoms with Crippen LogP contribution in [0.25, 0.3) is 0 Å². The highest BCUT2D eigenvalue weighted by atomic mass is 79.9. The van der Waals surface area contributed by atoms with Gasteiger partial charge in [-0.05, 0) is 17.7 Å². The predicted octanol–water partition coefficient (Wildman–Crippen LogP) is 2.30. The standard InChI is InChI=1S/C13H14BrN3O/c1-17-8-10(15)6-12(17)13(18)16-7-9-4-2-3-5-11(9)14/h2-6,8H,7,15H2,1H3,(H,16,18). The van der Waals surface area contributed by atoms with Crippen molar-refractivity contribution in [1.29, 1.82) is 0 Å². The van der Waals surface area contributed by atoms with Gasteiger partial charge in [-0.3, -0.25) is 4.79 Å². The zero-order valence-electron chi connectivity index (χ0n) is 9.98. The second kappa shape index (κ2) is 5.27. The Bertz CT molecular complexity index is 577. The molecule has 1 aromatic heterocycles. The van der Waals surface area contributed by atoms with Crippen LogP contribution < -0.4 is 11.1 Å². The summed E-state index contributed by atoms with van der Waals surface area (Å²) in [6, 6.07) is 9.45. The summed E-state index contributed by atoms with van der Waals surface area (Å²) in [4.78, 5) is 12.0. The maximum absolute atomic E-state index is 12.0. The van der Waals surface area contributed by atoms with Crippen molar-refractivity contribution in [1.82, 2.24) is 9.88 Å². The number of nitrogen functional groups attached to an aromatic ring is 1. The van der Waals surface area contributed by atoms with E-state index in [4.69, 9.17) is 5.73 Å². The molecule has 1 amide bonds. The van der Waals surface area contributed by atoms with Crippen LogP contribution in [0.2, 0.25) is 0 Å². The Balaban J connectivity index is 2.05. The van der Waals surface area contributed by atoms with E-state index in [1.54, 1.807) is 23.9 Å². The van der Waals surface area contributed by atoms with Crippen LogP contribution in [0.15, 0.2) is 41.0 Å². The van der Waals surface area contributed by atoms with Crippen LogP contribution in [-0.4, -0.2) is 10.5 Å². The first-order valence-electron chi connectivity index (χ1n) is 5.51. The molecular weight excluding hydrogens is 294 g/mol. The monoisotopic (exact) mass is 307 g/mol. The Labute approximate surface area is 114 Å². The number of hydrogen-bond donors (Lipinski definition) is 2. The molecule has 0 saturated carbocycles. The highest BCUT2D eigenvalue weighted by Gasteiger charge is 2.10. The van der Waals surface area contributed by atoms with Gasteiger partial charge in [0.2, 0.25) is 0 Å². The lowest BCUT2D eigenvalue weighted by Gasteiger charge is -2.07. The van der Waals surface area contributed by atoms with Gasteiger partial charge in [0.1, 0.15) is 5.69 Å². The van der Waals surface area contributed by atoms with Crippen molar-refractivity contribution >= 4 is 27.5 Å². The van der Waals surface area contributed by atoms with Crippen molar-refractivity contribution in [3.63, 3.8) is 0 Å². The van der Waals surface area contributed by atoms with Crippen LogP contribution >= 0.6 is 15.9 Å². The van der Waals surface area contributed by atoms with E-state index < -0.39 is 0 Å². The Kier molecular flexibility index (Phi) is 3.72. The molecular formula is C13H14BrN3O. The van der Waals surface area contributed by atoms with Crippen molar-refractivity contribution in [3.05, 3.63) is 52.3 Å². The molecule has 3 N–H and O–H groups in total. The number of aryl methyl sites for hydroxylation is 1. The van der Waals surface area contributed by atoms with Gasteiger partial charge < -0.3 is 15.6 Å². The number of benzene rings is 1. The van der Waals surface area contributed by atoms with Crippen molar-refractivity contribution in [3.8, 4) is 0 Å². The fourth-order valence-electron chi connectivity index (χ4n) is 1.72. The van der Waals surface area contributed by atoms with E-state index in [1.807, 2.05) is 24.3 Å². The molecule has 0 saturated heterocycles. The fraction of sp³-hybridized carbons (Fsp3) is 0.154. The highest BCUT2D eigenvalue weighted by Crippen LogP contribution is 2.15. The van der Waals surface area contributed by atoms with E-state index in [0.29, 0.717) is 17.9 Å². The molecule has 1 aromatic carbocycles. The lowest BCUT2D eigenvalue weighted by molar-refractivity contribution is 0.0942. The van der Waals surface area contributed by atoms with Gasteiger partial charge in [-0.15, -0.1) is 0 Å². The number of anilines is 1. The summed E-state index contributed by atoms with van der Waals surface area (Å²) in [6.45, 7) is 0.478. The molecule has 0 atom stereocenters. The van der Waals surface area contributed by atoms with Gasteiger partial charge in [0.15, 0.2) is 0 Å². The van der Waals surface area contributed by atoms with Gasteiger partial charge in [-0.25, -0.2) is 0 Å². The van der Waals surface area contributed by atoms with Gasteiger partial charge in [0.05, 0.1) is 5.69 Å². The Morgan fingerprint density at radius 1 is 1.44 bits per heavy atom. The minimum absolute atomic E-state index is 0.134. The van der Waals surface area contributed by atoms with Gasteiger partial charge >= 0.3 is 0 Å². The molecule has 2 rings (SSSR count). The van der Waals surface area contributed by atoms with E-state index in [-0.39, 0.29) is 5.91 Å². The van der Waals surface area contributed by atoms with E-state index in [9.17, 15) is 4.79 Å². The summed E-state index contributed by atoms with van der Waals surface area (Å²) in [5.74, 6) is -0.134. The zero-order valence-corrected chi connectivity index (χ0v) is 11.6. The first kappa shape index (κ1) is 12.7. The Hall–Kier alpha value is -1.75. The molecule has 0 radical (unpaired) electrons. The minimum Gasteiger partial charge on any atom is -0.397 e.